The molecule has 0 bridgehead atoms. The zero-order chi connectivity index (χ0) is 6.15. The Hall–Kier alpha value is -1.10. The number of amides is 1. The summed E-state index contributed by atoms with van der Waals surface area (Å²) in [5, 5.41) is 9.32. The molecule has 0 aromatic carbocycles. The molecule has 0 unspecified atom stereocenters. The number of hydrogen-bond donors (Lipinski definition) is 3. The molecule has 1 fully saturated rings. The molecule has 5 heteroatoms. The summed E-state index contributed by atoms with van der Waals surface area (Å²) in [6, 6.07) is 0. The molecule has 0 aromatic heterocycles. The minimum Gasteiger partial charge on any atom is -0.344 e. The van der Waals surface area contributed by atoms with Gasteiger partial charge in [-0.05, 0) is 0 Å². The molecule has 0 aromatic rings. The maximum absolute atomic E-state index is 10.4. The number of guanidine groups is 1. The van der Waals surface area contributed by atoms with Crippen molar-refractivity contribution >= 4 is 11.9 Å². The van der Waals surface area contributed by atoms with E-state index in [9.17, 15) is 4.79 Å². The fourth-order valence-corrected chi connectivity index (χ4v) is 0.561. The summed E-state index contributed by atoms with van der Waals surface area (Å²) in [5.74, 6) is 0.0903. The van der Waals surface area contributed by atoms with E-state index in [1.807, 2.05) is 0 Å². The first-order valence-electron chi connectivity index (χ1n) is 2.29. The van der Waals surface area contributed by atoms with Crippen LogP contribution in [-0.2, 0) is 4.79 Å². The van der Waals surface area contributed by atoms with Crippen LogP contribution in [0.5, 0.6) is 0 Å². The van der Waals surface area contributed by atoms with Crippen molar-refractivity contribution in [2.24, 2.45) is 0 Å². The Labute approximate surface area is 53.1 Å². The molecule has 1 aliphatic heterocycles. The Morgan fingerprint density at radius 1 is 1.78 bits per heavy atom. The molecule has 1 rings (SSSR count). The van der Waals surface area contributed by atoms with Crippen molar-refractivity contribution in [3.8, 4) is 0 Å². The average molecular weight is 130 g/mol. The highest BCUT2D eigenvalue weighted by atomic mass is 16.2. The van der Waals surface area contributed by atoms with Gasteiger partial charge in [0.05, 0.1) is 6.54 Å². The van der Waals surface area contributed by atoms with Gasteiger partial charge in [0.15, 0.2) is 5.96 Å². The molecule has 0 aliphatic carbocycles. The van der Waals surface area contributed by atoms with E-state index in [4.69, 9.17) is 5.41 Å². The molecule has 1 heterocycles. The topological polar surface area (TPSA) is 91.2 Å². The van der Waals surface area contributed by atoms with Gasteiger partial charge in [-0.25, -0.2) is 0 Å². The fourth-order valence-electron chi connectivity index (χ4n) is 0.561. The maximum atomic E-state index is 10.4. The van der Waals surface area contributed by atoms with Crippen LogP contribution in [0, 0.1) is 5.41 Å². The van der Waals surface area contributed by atoms with E-state index >= 15 is 0 Å². The molecule has 52 valence electrons. The molecule has 5 N–H and O–H groups in total. The lowest BCUT2D eigenvalue weighted by Crippen LogP contribution is -2.25. The number of nitrogens with zero attached hydrogens (tertiary/aromatic N) is 1. The highest BCUT2D eigenvalue weighted by Crippen LogP contribution is 1.89. The van der Waals surface area contributed by atoms with Crippen molar-refractivity contribution in [2.75, 3.05) is 13.6 Å². The molecule has 1 aliphatic rings. The third-order valence-electron chi connectivity index (χ3n) is 1.02. The monoisotopic (exact) mass is 130 g/mol. The number of rotatable bonds is 0. The average Bonchev–Trinajstić information content (AvgIpc) is 1.85. The van der Waals surface area contributed by atoms with Crippen LogP contribution in [0.4, 0.5) is 0 Å². The van der Waals surface area contributed by atoms with Crippen LogP contribution in [0.1, 0.15) is 0 Å². The minimum atomic E-state index is -0.0995. The van der Waals surface area contributed by atoms with Gasteiger partial charge in [0, 0.05) is 7.05 Å². The third kappa shape index (κ3) is 1.39. The Balaban J connectivity index is 0.000000640. The summed E-state index contributed by atoms with van der Waals surface area (Å²) in [4.78, 5) is 11.9. The van der Waals surface area contributed by atoms with Gasteiger partial charge in [-0.15, -0.1) is 0 Å². The fraction of sp³-hybridized carbons (Fsp3) is 0.500. The van der Waals surface area contributed by atoms with E-state index in [0.717, 1.165) is 0 Å². The van der Waals surface area contributed by atoms with Crippen molar-refractivity contribution in [1.29, 1.82) is 5.41 Å². The first-order chi connectivity index (χ1) is 3.70. The van der Waals surface area contributed by atoms with Crippen LogP contribution >= 0.6 is 0 Å². The normalized spacial score (nSPS) is 17.2. The first kappa shape index (κ1) is 7.90. The summed E-state index contributed by atoms with van der Waals surface area (Å²) in [6.07, 6.45) is 0. The van der Waals surface area contributed by atoms with Crippen molar-refractivity contribution in [3.63, 3.8) is 0 Å². The quantitative estimate of drug-likeness (QED) is 0.398. The SMILES string of the molecule is CN1CC(=O)NC1=N.N. The molecular formula is C4H10N4O. The number of nitrogens with one attached hydrogen (secondary N) is 2. The summed E-state index contributed by atoms with van der Waals surface area (Å²) < 4.78 is 0. The molecule has 0 spiro atoms. The van der Waals surface area contributed by atoms with Gasteiger partial charge in [0.25, 0.3) is 0 Å². The Bertz CT molecular complexity index is 144. The van der Waals surface area contributed by atoms with E-state index in [1.54, 1.807) is 11.9 Å². The zero-order valence-electron chi connectivity index (χ0n) is 5.27. The number of carbonyl (C=O) groups excluding carboxylic acids is 1. The zero-order valence-corrected chi connectivity index (χ0v) is 5.27. The molecule has 0 radical (unpaired) electrons. The lowest BCUT2D eigenvalue weighted by atomic mass is 10.6. The molecule has 5 nitrogen and oxygen atoms in total. The lowest BCUT2D eigenvalue weighted by Gasteiger charge is -2.03. The summed E-state index contributed by atoms with van der Waals surface area (Å²) in [7, 11) is 1.69. The van der Waals surface area contributed by atoms with Crippen molar-refractivity contribution in [1.82, 2.24) is 16.4 Å². The van der Waals surface area contributed by atoms with Crippen molar-refractivity contribution in [3.05, 3.63) is 0 Å². The van der Waals surface area contributed by atoms with Gasteiger partial charge < -0.3 is 11.1 Å². The summed E-state index contributed by atoms with van der Waals surface area (Å²) >= 11 is 0. The molecule has 9 heavy (non-hydrogen) atoms. The van der Waals surface area contributed by atoms with E-state index < -0.39 is 0 Å². The lowest BCUT2D eigenvalue weighted by molar-refractivity contribution is -0.118. The molecule has 0 saturated carbocycles. The molecule has 1 amide bonds. The van der Waals surface area contributed by atoms with E-state index in [1.165, 1.54) is 0 Å². The first-order valence-corrected chi connectivity index (χ1v) is 2.29. The molecule has 1 saturated heterocycles. The summed E-state index contributed by atoms with van der Waals surface area (Å²) in [5.41, 5.74) is 0. The van der Waals surface area contributed by atoms with Gasteiger partial charge in [-0.2, -0.15) is 0 Å². The largest absolute Gasteiger partial charge is 0.344 e. The Morgan fingerprint density at radius 3 is 2.44 bits per heavy atom. The van der Waals surface area contributed by atoms with Crippen molar-refractivity contribution < 1.29 is 4.79 Å². The minimum absolute atomic E-state index is 0. The Kier molecular flexibility index (Phi) is 2.15. The van der Waals surface area contributed by atoms with Crippen LogP contribution in [0.3, 0.4) is 0 Å². The van der Waals surface area contributed by atoms with Gasteiger partial charge in [0.1, 0.15) is 0 Å². The number of carbonyl (C=O) groups is 1. The van der Waals surface area contributed by atoms with Gasteiger partial charge in [-0.1, -0.05) is 0 Å². The predicted octanol–water partition coefficient (Wildman–Crippen LogP) is -0.855. The number of hydrogen-bond acceptors (Lipinski definition) is 3. The van der Waals surface area contributed by atoms with Crippen LogP contribution in [-0.4, -0.2) is 30.4 Å². The van der Waals surface area contributed by atoms with E-state index in [-0.39, 0.29) is 18.0 Å². The standard InChI is InChI=1S/C4H7N3O.H3N/c1-7-2-3(8)6-4(7)5;/h2H2,1H3,(H2,5,6,8);1H3. The third-order valence-corrected chi connectivity index (χ3v) is 1.02. The highest BCUT2D eigenvalue weighted by molar-refractivity contribution is 6.02. The van der Waals surface area contributed by atoms with Crippen LogP contribution < -0.4 is 11.5 Å². The predicted molar refractivity (Wildman–Crippen MR) is 33.5 cm³/mol. The Morgan fingerprint density at radius 2 is 2.33 bits per heavy atom. The van der Waals surface area contributed by atoms with Gasteiger partial charge >= 0.3 is 0 Å². The maximum Gasteiger partial charge on any atom is 0.246 e. The molecule has 0 atom stereocenters. The second-order valence-corrected chi connectivity index (χ2v) is 1.75. The molecular weight excluding hydrogens is 120 g/mol. The second kappa shape index (κ2) is 2.45. The number of likely N-dealkylation sites (N-methyl/N-ethyl adjacent to an activating group) is 1. The highest BCUT2D eigenvalue weighted by Gasteiger charge is 2.18. The summed E-state index contributed by atoms with van der Waals surface area (Å²) in [6.45, 7) is 0.318. The van der Waals surface area contributed by atoms with Gasteiger partial charge in [0.2, 0.25) is 5.91 Å². The van der Waals surface area contributed by atoms with Crippen LogP contribution in [0.25, 0.3) is 0 Å². The smallest absolute Gasteiger partial charge is 0.246 e. The van der Waals surface area contributed by atoms with E-state index in [0.29, 0.717) is 6.54 Å². The van der Waals surface area contributed by atoms with Crippen LogP contribution in [0.15, 0.2) is 0 Å². The second-order valence-electron chi connectivity index (χ2n) is 1.75. The van der Waals surface area contributed by atoms with Crippen LogP contribution in [0.2, 0.25) is 0 Å². The van der Waals surface area contributed by atoms with Crippen molar-refractivity contribution in [2.45, 2.75) is 0 Å². The van der Waals surface area contributed by atoms with Gasteiger partial charge in [-0.3, -0.25) is 15.5 Å². The van der Waals surface area contributed by atoms with E-state index in [2.05, 4.69) is 5.32 Å².